The van der Waals surface area contributed by atoms with Crippen molar-refractivity contribution in [3.05, 3.63) is 24.0 Å². The lowest BCUT2D eigenvalue weighted by atomic mass is 10.1. The first kappa shape index (κ1) is 14.0. The van der Waals surface area contributed by atoms with Crippen molar-refractivity contribution < 1.29 is 4.74 Å². The van der Waals surface area contributed by atoms with E-state index in [1.165, 1.54) is 0 Å². The summed E-state index contributed by atoms with van der Waals surface area (Å²) in [6, 6.07) is 4.38. The van der Waals surface area contributed by atoms with Crippen molar-refractivity contribution in [2.24, 2.45) is 0 Å². The molecule has 3 heteroatoms. The van der Waals surface area contributed by atoms with Crippen LogP contribution in [0.5, 0.6) is 5.75 Å². The second-order valence-electron chi connectivity index (χ2n) is 4.39. The van der Waals surface area contributed by atoms with Crippen LogP contribution in [0.2, 0.25) is 0 Å². The van der Waals surface area contributed by atoms with Gasteiger partial charge < -0.3 is 10.1 Å². The van der Waals surface area contributed by atoms with Gasteiger partial charge in [0.2, 0.25) is 0 Å². The lowest BCUT2D eigenvalue weighted by Gasteiger charge is -2.16. The highest BCUT2D eigenvalue weighted by Gasteiger charge is 2.08. The van der Waals surface area contributed by atoms with Crippen molar-refractivity contribution in [2.45, 2.75) is 52.2 Å². The van der Waals surface area contributed by atoms with E-state index in [-0.39, 0.29) is 6.10 Å². The number of nitrogens with zero attached hydrogens (tertiary/aromatic N) is 1. The van der Waals surface area contributed by atoms with Gasteiger partial charge in [0, 0.05) is 6.04 Å². The molecule has 96 valence electrons. The molecule has 0 aliphatic rings. The maximum Gasteiger partial charge on any atom is 0.138 e. The van der Waals surface area contributed by atoms with E-state index < -0.39 is 0 Å². The van der Waals surface area contributed by atoms with Gasteiger partial charge in [0.05, 0.1) is 18.0 Å². The number of rotatable bonds is 7. The van der Waals surface area contributed by atoms with Crippen LogP contribution in [-0.4, -0.2) is 18.1 Å². The Morgan fingerprint density at radius 1 is 1.35 bits per heavy atom. The van der Waals surface area contributed by atoms with Crippen LogP contribution in [0.25, 0.3) is 0 Å². The summed E-state index contributed by atoms with van der Waals surface area (Å²) in [7, 11) is 1.96. The number of nitrogens with one attached hydrogen (secondary N) is 1. The third-order valence-electron chi connectivity index (χ3n) is 2.91. The van der Waals surface area contributed by atoms with E-state index in [1.807, 2.05) is 25.4 Å². The molecule has 1 heterocycles. The van der Waals surface area contributed by atoms with E-state index in [0.29, 0.717) is 6.04 Å². The minimum atomic E-state index is 0.263. The molecule has 0 aliphatic heterocycles. The van der Waals surface area contributed by atoms with Gasteiger partial charge in [-0.15, -0.1) is 0 Å². The summed E-state index contributed by atoms with van der Waals surface area (Å²) in [4.78, 5) is 4.45. The lowest BCUT2D eigenvalue weighted by Crippen LogP contribution is -2.16. The zero-order valence-electron chi connectivity index (χ0n) is 11.4. The van der Waals surface area contributed by atoms with Crippen molar-refractivity contribution in [2.75, 3.05) is 7.05 Å². The summed E-state index contributed by atoms with van der Waals surface area (Å²) in [5.74, 6) is 0.862. The van der Waals surface area contributed by atoms with Crippen molar-refractivity contribution in [1.82, 2.24) is 10.3 Å². The molecular formula is C14H24N2O. The highest BCUT2D eigenvalue weighted by atomic mass is 16.5. The van der Waals surface area contributed by atoms with Gasteiger partial charge in [-0.05, 0) is 38.9 Å². The highest BCUT2D eigenvalue weighted by Crippen LogP contribution is 2.18. The van der Waals surface area contributed by atoms with Gasteiger partial charge in [0.1, 0.15) is 5.75 Å². The Hall–Kier alpha value is -1.09. The monoisotopic (exact) mass is 236 g/mol. The smallest absolute Gasteiger partial charge is 0.138 e. The fraction of sp³-hybridized carbons (Fsp3) is 0.643. The number of ether oxygens (including phenoxy) is 1. The van der Waals surface area contributed by atoms with Crippen LogP contribution in [0.3, 0.4) is 0 Å². The zero-order chi connectivity index (χ0) is 12.7. The minimum Gasteiger partial charge on any atom is -0.489 e. The summed E-state index contributed by atoms with van der Waals surface area (Å²) in [5, 5.41) is 3.25. The first-order chi connectivity index (χ1) is 8.21. The Morgan fingerprint density at radius 3 is 2.59 bits per heavy atom. The molecule has 1 aromatic heterocycles. The number of aromatic nitrogens is 1. The Morgan fingerprint density at radius 2 is 2.12 bits per heavy atom. The molecule has 2 atom stereocenters. The Bertz CT molecular complexity index is 307. The number of hydrogen-bond acceptors (Lipinski definition) is 3. The third kappa shape index (κ3) is 4.35. The summed E-state index contributed by atoms with van der Waals surface area (Å²) in [6.45, 7) is 6.41. The highest BCUT2D eigenvalue weighted by molar-refractivity contribution is 5.21. The SMILES string of the molecule is CCCC(C)Oc1ccc(C(CC)NC)nc1. The molecule has 0 spiro atoms. The molecule has 1 aromatic rings. The second kappa shape index (κ2) is 7.28. The molecule has 0 bridgehead atoms. The normalized spacial score (nSPS) is 14.4. The standard InChI is InChI=1S/C14H24N2O/c1-5-7-11(3)17-12-8-9-14(16-10-12)13(6-2)15-4/h8-11,13,15H,5-7H2,1-4H3. The van der Waals surface area contributed by atoms with Gasteiger partial charge in [0.15, 0.2) is 0 Å². The van der Waals surface area contributed by atoms with Crippen LogP contribution in [0.4, 0.5) is 0 Å². The summed E-state index contributed by atoms with van der Waals surface area (Å²) in [6.07, 6.45) is 5.34. The predicted molar refractivity (Wildman–Crippen MR) is 71.3 cm³/mol. The van der Waals surface area contributed by atoms with Gasteiger partial charge in [-0.2, -0.15) is 0 Å². The van der Waals surface area contributed by atoms with Crippen LogP contribution in [-0.2, 0) is 0 Å². The molecule has 0 aliphatic carbocycles. The molecule has 0 aromatic carbocycles. The molecule has 0 fully saturated rings. The molecule has 0 amide bonds. The van der Waals surface area contributed by atoms with Crippen LogP contribution < -0.4 is 10.1 Å². The van der Waals surface area contributed by atoms with E-state index in [0.717, 1.165) is 30.7 Å². The van der Waals surface area contributed by atoms with E-state index in [1.54, 1.807) is 0 Å². The van der Waals surface area contributed by atoms with E-state index in [4.69, 9.17) is 4.74 Å². The molecule has 1 rings (SSSR count). The molecule has 0 saturated carbocycles. The molecular weight excluding hydrogens is 212 g/mol. The van der Waals surface area contributed by atoms with Gasteiger partial charge in [-0.3, -0.25) is 4.98 Å². The largest absolute Gasteiger partial charge is 0.489 e. The van der Waals surface area contributed by atoms with Gasteiger partial charge in [0.25, 0.3) is 0 Å². The van der Waals surface area contributed by atoms with Crippen LogP contribution >= 0.6 is 0 Å². The Labute approximate surface area is 105 Å². The van der Waals surface area contributed by atoms with Gasteiger partial charge >= 0.3 is 0 Å². The average molecular weight is 236 g/mol. The second-order valence-corrected chi connectivity index (χ2v) is 4.39. The van der Waals surface area contributed by atoms with Crippen LogP contribution in [0.15, 0.2) is 18.3 Å². The van der Waals surface area contributed by atoms with Crippen molar-refractivity contribution in [3.63, 3.8) is 0 Å². The minimum absolute atomic E-state index is 0.263. The predicted octanol–water partition coefficient (Wildman–Crippen LogP) is 3.32. The quantitative estimate of drug-likeness (QED) is 0.788. The summed E-state index contributed by atoms with van der Waals surface area (Å²) >= 11 is 0. The van der Waals surface area contributed by atoms with E-state index in [2.05, 4.69) is 31.1 Å². The summed E-state index contributed by atoms with van der Waals surface area (Å²) in [5.41, 5.74) is 1.07. The fourth-order valence-corrected chi connectivity index (χ4v) is 1.93. The van der Waals surface area contributed by atoms with E-state index in [9.17, 15) is 0 Å². The maximum absolute atomic E-state index is 5.77. The third-order valence-corrected chi connectivity index (χ3v) is 2.91. The Kier molecular flexibility index (Phi) is 5.98. The first-order valence-corrected chi connectivity index (χ1v) is 6.51. The van der Waals surface area contributed by atoms with Gasteiger partial charge in [-0.25, -0.2) is 0 Å². The molecule has 17 heavy (non-hydrogen) atoms. The fourth-order valence-electron chi connectivity index (χ4n) is 1.93. The van der Waals surface area contributed by atoms with Crippen molar-refractivity contribution in [3.8, 4) is 5.75 Å². The van der Waals surface area contributed by atoms with Crippen molar-refractivity contribution >= 4 is 0 Å². The number of pyridine rings is 1. The van der Waals surface area contributed by atoms with Crippen LogP contribution in [0.1, 0.15) is 51.8 Å². The lowest BCUT2D eigenvalue weighted by molar-refractivity contribution is 0.209. The average Bonchev–Trinajstić information content (AvgIpc) is 2.33. The van der Waals surface area contributed by atoms with Crippen LogP contribution in [0, 0.1) is 0 Å². The zero-order valence-corrected chi connectivity index (χ0v) is 11.4. The molecule has 0 saturated heterocycles. The maximum atomic E-state index is 5.77. The number of hydrogen-bond donors (Lipinski definition) is 1. The molecule has 1 N–H and O–H groups in total. The van der Waals surface area contributed by atoms with Gasteiger partial charge in [-0.1, -0.05) is 20.3 Å². The molecule has 0 radical (unpaired) electrons. The topological polar surface area (TPSA) is 34.1 Å². The van der Waals surface area contributed by atoms with E-state index >= 15 is 0 Å². The molecule has 2 unspecified atom stereocenters. The summed E-state index contributed by atoms with van der Waals surface area (Å²) < 4.78 is 5.77. The van der Waals surface area contributed by atoms with Crippen molar-refractivity contribution in [1.29, 1.82) is 0 Å². The molecule has 3 nitrogen and oxygen atoms in total. The first-order valence-electron chi connectivity index (χ1n) is 6.51. The Balaban J connectivity index is 2.61.